The molecular weight excluding hydrogens is 798 g/mol. The van der Waals surface area contributed by atoms with Crippen LogP contribution in [-0.2, 0) is 57.3 Å². The van der Waals surface area contributed by atoms with E-state index in [-0.39, 0.29) is 134 Å². The Labute approximate surface area is 361 Å². The van der Waals surface area contributed by atoms with Crippen LogP contribution in [0.2, 0.25) is 0 Å². The van der Waals surface area contributed by atoms with Gasteiger partial charge in [0.25, 0.3) is 0 Å². The maximum absolute atomic E-state index is 12.5. The Morgan fingerprint density at radius 2 is 0.984 bits per heavy atom. The predicted octanol–water partition coefficient (Wildman–Crippen LogP) is 4.38. The van der Waals surface area contributed by atoms with Crippen LogP contribution in [0.1, 0.15) is 148 Å². The molecule has 0 unspecified atom stereocenters. The number of carbonyl (C=O) groups is 8. The zero-order chi connectivity index (χ0) is 45.4. The average Bonchev–Trinajstić information content (AvgIpc) is 3.21. The summed E-state index contributed by atoms with van der Waals surface area (Å²) in [7, 11) is 0. The molecule has 0 bridgehead atoms. The van der Waals surface area contributed by atoms with E-state index in [1.54, 1.807) is 0 Å². The lowest BCUT2D eigenvalue weighted by Gasteiger charge is -2.16. The minimum atomic E-state index is -1.33. The number of hydrogen-bond donors (Lipinski definition) is 6. The molecular formula is C43H75N3O15. The molecule has 0 saturated heterocycles. The summed E-state index contributed by atoms with van der Waals surface area (Å²) < 4.78 is 21.3. The number of amides is 3. The van der Waals surface area contributed by atoms with Gasteiger partial charge in [0.15, 0.2) is 0 Å². The number of ketones is 2. The molecule has 0 heterocycles. The Morgan fingerprint density at radius 1 is 0.459 bits per heavy atom. The number of carboxylic acids is 3. The van der Waals surface area contributed by atoms with Crippen LogP contribution >= 0.6 is 0 Å². The zero-order valence-corrected chi connectivity index (χ0v) is 36.5. The van der Waals surface area contributed by atoms with Crippen molar-refractivity contribution < 1.29 is 72.6 Å². The molecule has 18 nitrogen and oxygen atoms in total. The second-order valence-corrected chi connectivity index (χ2v) is 15.1. The summed E-state index contributed by atoms with van der Waals surface area (Å²) in [6.07, 6.45) is 12.7. The summed E-state index contributed by atoms with van der Waals surface area (Å²) in [5.41, 5.74) is 0. The largest absolute Gasteiger partial charge is 0.481 e. The van der Waals surface area contributed by atoms with Crippen LogP contribution in [0.5, 0.6) is 0 Å². The lowest BCUT2D eigenvalue weighted by Crippen LogP contribution is -2.41. The van der Waals surface area contributed by atoms with Crippen molar-refractivity contribution in [3.8, 4) is 0 Å². The number of carbonyl (C=O) groups excluding carboxylic acids is 5. The van der Waals surface area contributed by atoms with E-state index in [0.29, 0.717) is 25.8 Å². The van der Waals surface area contributed by atoms with E-state index in [4.69, 9.17) is 24.1 Å². The average molecular weight is 874 g/mol. The first-order valence-corrected chi connectivity index (χ1v) is 22.2. The monoisotopic (exact) mass is 874 g/mol. The summed E-state index contributed by atoms with van der Waals surface area (Å²) in [6, 6.07) is -1.33. The minimum Gasteiger partial charge on any atom is -0.481 e. The van der Waals surface area contributed by atoms with Gasteiger partial charge in [0, 0.05) is 58.2 Å². The van der Waals surface area contributed by atoms with Gasteiger partial charge in [0.05, 0.1) is 39.0 Å². The van der Waals surface area contributed by atoms with Crippen molar-refractivity contribution in [3.05, 3.63) is 0 Å². The third kappa shape index (κ3) is 38.6. The molecule has 0 aliphatic rings. The van der Waals surface area contributed by atoms with Gasteiger partial charge in [-0.3, -0.25) is 33.6 Å². The molecule has 3 amide bonds. The van der Waals surface area contributed by atoms with Crippen LogP contribution in [0.4, 0.5) is 0 Å². The molecule has 0 aliphatic carbocycles. The highest BCUT2D eigenvalue weighted by Gasteiger charge is 2.25. The molecule has 0 radical (unpaired) electrons. The van der Waals surface area contributed by atoms with Gasteiger partial charge in [0.1, 0.15) is 30.8 Å². The summed E-state index contributed by atoms with van der Waals surface area (Å²) in [4.78, 5) is 94.8. The summed E-state index contributed by atoms with van der Waals surface area (Å²) in [5, 5.41) is 35.6. The lowest BCUT2D eigenvalue weighted by molar-refractivity contribution is -0.145. The van der Waals surface area contributed by atoms with Crippen LogP contribution < -0.4 is 16.0 Å². The SMILES string of the molecule is CCCCCNC(=O)COCCOCCNC(=O)COCCOCCCC(=O)CC[C@H](NC(=O)CC[C@H](CC(=O)CCCCCCCCCCCCC(=O)O)C(=O)O)C(=O)O. The first-order valence-electron chi connectivity index (χ1n) is 22.2. The van der Waals surface area contributed by atoms with Gasteiger partial charge in [-0.2, -0.15) is 0 Å². The molecule has 18 heteroatoms. The Hall–Kier alpha value is -4.00. The molecule has 0 saturated carbocycles. The van der Waals surface area contributed by atoms with E-state index < -0.39 is 35.8 Å². The van der Waals surface area contributed by atoms with Crippen molar-refractivity contribution >= 4 is 47.2 Å². The normalized spacial score (nSPS) is 12.0. The van der Waals surface area contributed by atoms with Crippen LogP contribution in [0.25, 0.3) is 0 Å². The molecule has 0 spiro atoms. The maximum Gasteiger partial charge on any atom is 0.326 e. The number of ether oxygens (including phenoxy) is 4. The second kappa shape index (κ2) is 40.1. The highest BCUT2D eigenvalue weighted by Crippen LogP contribution is 2.17. The number of nitrogens with one attached hydrogen (secondary N) is 3. The summed E-state index contributed by atoms with van der Waals surface area (Å²) in [5.74, 6) is -5.89. The molecule has 2 atom stereocenters. The van der Waals surface area contributed by atoms with Crippen molar-refractivity contribution in [3.63, 3.8) is 0 Å². The highest BCUT2D eigenvalue weighted by molar-refractivity contribution is 5.86. The van der Waals surface area contributed by atoms with E-state index in [0.717, 1.165) is 70.6 Å². The molecule has 61 heavy (non-hydrogen) atoms. The van der Waals surface area contributed by atoms with Crippen LogP contribution in [-0.4, -0.2) is 135 Å². The van der Waals surface area contributed by atoms with E-state index in [9.17, 15) is 48.6 Å². The topological polar surface area (TPSA) is 270 Å². The smallest absolute Gasteiger partial charge is 0.326 e. The number of rotatable bonds is 45. The van der Waals surface area contributed by atoms with E-state index in [1.807, 2.05) is 0 Å². The van der Waals surface area contributed by atoms with Gasteiger partial charge >= 0.3 is 17.9 Å². The molecule has 0 aromatic carbocycles. The van der Waals surface area contributed by atoms with Crippen LogP contribution in [0.15, 0.2) is 0 Å². The number of hydrogen-bond acceptors (Lipinski definition) is 12. The number of aliphatic carboxylic acids is 3. The maximum atomic E-state index is 12.5. The number of carboxylic acid groups (broad SMARTS) is 3. The fourth-order valence-electron chi connectivity index (χ4n) is 6.07. The molecule has 0 rings (SSSR count). The number of Topliss-reactive ketones (excluding diaryl/α,β-unsaturated/α-hetero) is 2. The standard InChI is InChI=1S/C43H75N3O15/c1-2-3-14-23-44-39(50)32-61-30-28-59-26-24-45-40(51)33-60-29-27-58-25-15-17-35(47)20-21-37(43(56)57)46-38(49)22-19-34(42(54)55)31-36(48)16-12-10-8-6-4-5-7-9-11-13-18-41(52)53/h34,37H,2-33H2,1H3,(H,44,50)(H,45,51)(H,46,49)(H,52,53)(H,54,55)(H,56,57)/t34-,37+/m1/s1. The Morgan fingerprint density at radius 3 is 1.54 bits per heavy atom. The molecule has 0 aromatic rings. The molecule has 0 fully saturated rings. The highest BCUT2D eigenvalue weighted by atomic mass is 16.5. The van der Waals surface area contributed by atoms with Crippen LogP contribution in [0.3, 0.4) is 0 Å². The van der Waals surface area contributed by atoms with Crippen molar-refractivity contribution in [1.29, 1.82) is 0 Å². The molecule has 6 N–H and O–H groups in total. The Kier molecular flexibility index (Phi) is 37.5. The number of unbranched alkanes of at least 4 members (excludes halogenated alkanes) is 11. The van der Waals surface area contributed by atoms with Gasteiger partial charge in [-0.15, -0.1) is 0 Å². The van der Waals surface area contributed by atoms with Gasteiger partial charge < -0.3 is 50.2 Å². The quantitative estimate of drug-likeness (QED) is 0.0464. The Balaban J connectivity index is 3.97. The first-order chi connectivity index (χ1) is 29.3. The fraction of sp³-hybridized carbons (Fsp3) is 0.814. The van der Waals surface area contributed by atoms with Gasteiger partial charge in [-0.05, 0) is 38.5 Å². The Bertz CT molecular complexity index is 1250. The minimum absolute atomic E-state index is 0.0229. The lowest BCUT2D eigenvalue weighted by atomic mass is 9.94. The third-order valence-electron chi connectivity index (χ3n) is 9.61. The summed E-state index contributed by atoms with van der Waals surface area (Å²) in [6.45, 7) is 4.27. The van der Waals surface area contributed by atoms with Gasteiger partial charge in [-0.1, -0.05) is 71.1 Å². The van der Waals surface area contributed by atoms with Crippen molar-refractivity contribution in [1.82, 2.24) is 16.0 Å². The molecule has 352 valence electrons. The van der Waals surface area contributed by atoms with E-state index in [2.05, 4.69) is 22.9 Å². The van der Waals surface area contributed by atoms with E-state index in [1.165, 1.54) is 0 Å². The molecule has 0 aliphatic heterocycles. The van der Waals surface area contributed by atoms with E-state index >= 15 is 0 Å². The van der Waals surface area contributed by atoms with Crippen molar-refractivity contribution in [2.45, 2.75) is 154 Å². The second-order valence-electron chi connectivity index (χ2n) is 15.1. The van der Waals surface area contributed by atoms with Gasteiger partial charge in [0.2, 0.25) is 17.7 Å². The first kappa shape index (κ1) is 57.0. The summed E-state index contributed by atoms with van der Waals surface area (Å²) >= 11 is 0. The van der Waals surface area contributed by atoms with Gasteiger partial charge in [-0.25, -0.2) is 4.79 Å². The third-order valence-corrected chi connectivity index (χ3v) is 9.61. The van der Waals surface area contributed by atoms with Crippen molar-refractivity contribution in [2.75, 3.05) is 65.9 Å². The predicted molar refractivity (Wildman–Crippen MR) is 225 cm³/mol. The zero-order valence-electron chi connectivity index (χ0n) is 36.5. The van der Waals surface area contributed by atoms with Crippen molar-refractivity contribution in [2.24, 2.45) is 5.92 Å². The molecule has 0 aromatic heterocycles. The van der Waals surface area contributed by atoms with Crippen LogP contribution in [0, 0.1) is 5.92 Å². The fourth-order valence-corrected chi connectivity index (χ4v) is 6.07.